The molecule has 1 aliphatic heterocycles. The Hall–Kier alpha value is -1.96. The molecule has 1 saturated heterocycles. The van der Waals surface area contributed by atoms with Crippen molar-refractivity contribution < 1.29 is 13.2 Å². The molecule has 9 heteroatoms. The first kappa shape index (κ1) is 25.7. The van der Waals surface area contributed by atoms with E-state index in [9.17, 15) is 13.2 Å². The topological polar surface area (TPSA) is 69.7 Å². The van der Waals surface area contributed by atoms with Crippen LogP contribution in [0.25, 0.3) is 0 Å². The van der Waals surface area contributed by atoms with Crippen LogP contribution in [-0.4, -0.2) is 45.4 Å². The molecule has 33 heavy (non-hydrogen) atoms. The number of anilines is 2. The molecule has 0 bridgehead atoms. The molecule has 6 nitrogen and oxygen atoms in total. The van der Waals surface area contributed by atoms with E-state index in [0.717, 1.165) is 31.6 Å². The Bertz CT molecular complexity index is 1040. The van der Waals surface area contributed by atoms with Crippen LogP contribution in [0.15, 0.2) is 47.4 Å². The molecule has 1 amide bonds. The fraction of sp³-hybridized carbons (Fsp3) is 0.458. The van der Waals surface area contributed by atoms with E-state index in [1.807, 2.05) is 17.0 Å². The summed E-state index contributed by atoms with van der Waals surface area (Å²) < 4.78 is 27.9. The maximum Gasteiger partial charge on any atom is 0.263 e. The number of hydrogen-bond acceptors (Lipinski definition) is 4. The van der Waals surface area contributed by atoms with Gasteiger partial charge in [0.05, 0.1) is 5.02 Å². The second kappa shape index (κ2) is 12.0. The Kier molecular flexibility index (Phi) is 9.29. The molecule has 3 rings (SSSR count). The smallest absolute Gasteiger partial charge is 0.263 e. The van der Waals surface area contributed by atoms with E-state index >= 15 is 0 Å². The van der Waals surface area contributed by atoms with Gasteiger partial charge in [-0.15, -0.1) is 0 Å². The second-order valence-corrected chi connectivity index (χ2v) is 10.8. The first-order valence-electron chi connectivity index (χ1n) is 11.4. The molecule has 2 aromatic carbocycles. The third-order valence-corrected chi connectivity index (χ3v) is 7.89. The molecule has 0 radical (unpaired) electrons. The van der Waals surface area contributed by atoms with Crippen molar-refractivity contribution >= 4 is 50.5 Å². The fourth-order valence-corrected chi connectivity index (χ4v) is 5.71. The minimum atomic E-state index is -3.86. The van der Waals surface area contributed by atoms with Crippen molar-refractivity contribution in [2.45, 2.75) is 50.3 Å². The van der Waals surface area contributed by atoms with Gasteiger partial charge in [-0.05, 0) is 48.9 Å². The Balaban J connectivity index is 1.52. The second-order valence-electron chi connectivity index (χ2n) is 8.26. The van der Waals surface area contributed by atoms with Crippen LogP contribution in [0.5, 0.6) is 0 Å². The number of piperazine rings is 1. The summed E-state index contributed by atoms with van der Waals surface area (Å²) in [6.07, 6.45) is 6.38. The highest BCUT2D eigenvalue weighted by Crippen LogP contribution is 2.28. The number of nitrogens with one attached hydrogen (secondary N) is 1. The van der Waals surface area contributed by atoms with Gasteiger partial charge in [-0.25, -0.2) is 8.42 Å². The molecule has 0 spiro atoms. The lowest BCUT2D eigenvalue weighted by molar-refractivity contribution is -0.131. The van der Waals surface area contributed by atoms with E-state index in [1.165, 1.54) is 31.4 Å². The van der Waals surface area contributed by atoms with Gasteiger partial charge in [0.15, 0.2) is 0 Å². The predicted molar refractivity (Wildman–Crippen MR) is 136 cm³/mol. The summed E-state index contributed by atoms with van der Waals surface area (Å²) in [5, 5.41) is 0.404. The van der Waals surface area contributed by atoms with E-state index in [1.54, 1.807) is 18.2 Å². The minimum Gasteiger partial charge on any atom is -0.368 e. The number of hydrogen-bond donors (Lipinski definition) is 1. The lowest BCUT2D eigenvalue weighted by atomic mass is 10.1. The molecule has 0 aromatic heterocycles. The number of nitrogens with zero attached hydrogens (tertiary/aromatic N) is 2. The zero-order valence-corrected chi connectivity index (χ0v) is 21.2. The van der Waals surface area contributed by atoms with Crippen LogP contribution in [0.2, 0.25) is 10.0 Å². The maximum absolute atomic E-state index is 12.7. The molecular formula is C24H31Cl2N3O3S. The quantitative estimate of drug-likeness (QED) is 0.409. The first-order chi connectivity index (χ1) is 15.8. The largest absolute Gasteiger partial charge is 0.368 e. The van der Waals surface area contributed by atoms with Gasteiger partial charge in [-0.2, -0.15) is 0 Å². The summed E-state index contributed by atoms with van der Waals surface area (Å²) >= 11 is 12.0. The Morgan fingerprint density at radius 1 is 0.939 bits per heavy atom. The van der Waals surface area contributed by atoms with Gasteiger partial charge >= 0.3 is 0 Å². The zero-order chi connectivity index (χ0) is 23.8. The van der Waals surface area contributed by atoms with E-state index in [2.05, 4.69) is 16.5 Å². The molecule has 0 atom stereocenters. The summed E-state index contributed by atoms with van der Waals surface area (Å²) in [4.78, 5) is 16.5. The summed E-state index contributed by atoms with van der Waals surface area (Å²) in [5.41, 5.74) is 1.43. The van der Waals surface area contributed by atoms with Crippen LogP contribution < -0.4 is 9.62 Å². The molecule has 0 unspecified atom stereocenters. The van der Waals surface area contributed by atoms with Crippen LogP contribution >= 0.6 is 23.2 Å². The number of sulfonamides is 1. The van der Waals surface area contributed by atoms with Crippen molar-refractivity contribution in [2.75, 3.05) is 35.8 Å². The number of rotatable bonds is 10. The Morgan fingerprint density at radius 2 is 1.61 bits per heavy atom. The number of benzene rings is 2. The number of carbonyl (C=O) groups is 1. The van der Waals surface area contributed by atoms with Gasteiger partial charge in [0, 0.05) is 49.0 Å². The molecule has 180 valence electrons. The van der Waals surface area contributed by atoms with Crippen molar-refractivity contribution in [3.8, 4) is 0 Å². The van der Waals surface area contributed by atoms with Crippen molar-refractivity contribution in [3.63, 3.8) is 0 Å². The number of unbranched alkanes of at least 4 members (excludes halogenated alkanes) is 4. The lowest BCUT2D eigenvalue weighted by Gasteiger charge is -2.36. The zero-order valence-electron chi connectivity index (χ0n) is 18.9. The van der Waals surface area contributed by atoms with Gasteiger partial charge in [0.1, 0.15) is 4.90 Å². The van der Waals surface area contributed by atoms with Crippen molar-refractivity contribution in [3.05, 3.63) is 52.5 Å². The van der Waals surface area contributed by atoms with Crippen molar-refractivity contribution in [2.24, 2.45) is 0 Å². The SMILES string of the molecule is CCCCCCCC(=O)N1CCN(c2ccc(NS(=O)(=O)c3cc(Cl)ccc3Cl)cc2)CC1. The molecule has 1 fully saturated rings. The van der Waals surface area contributed by atoms with Crippen LogP contribution in [0, 0.1) is 0 Å². The number of amides is 1. The van der Waals surface area contributed by atoms with Crippen LogP contribution in [0.3, 0.4) is 0 Å². The molecule has 2 aromatic rings. The average molecular weight is 513 g/mol. The van der Waals surface area contributed by atoms with Gasteiger partial charge in [0.2, 0.25) is 5.91 Å². The van der Waals surface area contributed by atoms with Crippen molar-refractivity contribution in [1.29, 1.82) is 0 Å². The highest BCUT2D eigenvalue weighted by Gasteiger charge is 2.22. The number of halogens is 2. The summed E-state index contributed by atoms with van der Waals surface area (Å²) in [6, 6.07) is 11.5. The van der Waals surface area contributed by atoms with Gasteiger partial charge < -0.3 is 9.80 Å². The predicted octanol–water partition coefficient (Wildman–Crippen LogP) is 5.80. The summed E-state index contributed by atoms with van der Waals surface area (Å²) in [6.45, 7) is 5.11. The highest BCUT2D eigenvalue weighted by molar-refractivity contribution is 7.92. The third kappa shape index (κ3) is 7.26. The lowest BCUT2D eigenvalue weighted by Crippen LogP contribution is -2.48. The molecule has 1 heterocycles. The summed E-state index contributed by atoms with van der Waals surface area (Å²) in [7, 11) is -3.86. The monoisotopic (exact) mass is 511 g/mol. The molecule has 1 N–H and O–H groups in total. The van der Waals surface area contributed by atoms with Gasteiger partial charge in [-0.1, -0.05) is 55.8 Å². The summed E-state index contributed by atoms with van der Waals surface area (Å²) in [5.74, 6) is 0.246. The van der Waals surface area contributed by atoms with E-state index in [-0.39, 0.29) is 15.8 Å². The van der Waals surface area contributed by atoms with E-state index in [4.69, 9.17) is 23.2 Å². The van der Waals surface area contributed by atoms with Crippen LogP contribution in [0.4, 0.5) is 11.4 Å². The highest BCUT2D eigenvalue weighted by atomic mass is 35.5. The molecule has 0 saturated carbocycles. The van der Waals surface area contributed by atoms with Gasteiger partial charge in [-0.3, -0.25) is 9.52 Å². The third-order valence-electron chi connectivity index (χ3n) is 5.79. The van der Waals surface area contributed by atoms with E-state index < -0.39 is 10.0 Å². The Labute approximate surface area is 206 Å². The van der Waals surface area contributed by atoms with Gasteiger partial charge in [0.25, 0.3) is 10.0 Å². The molecule has 0 aliphatic carbocycles. The van der Waals surface area contributed by atoms with Crippen LogP contribution in [-0.2, 0) is 14.8 Å². The maximum atomic E-state index is 12.7. The van der Waals surface area contributed by atoms with Crippen LogP contribution in [0.1, 0.15) is 45.4 Å². The average Bonchev–Trinajstić information content (AvgIpc) is 2.80. The minimum absolute atomic E-state index is 0.0631. The van der Waals surface area contributed by atoms with Crippen molar-refractivity contribution in [1.82, 2.24) is 4.90 Å². The normalized spacial score (nSPS) is 14.4. The molecule has 1 aliphatic rings. The first-order valence-corrected chi connectivity index (χ1v) is 13.6. The Morgan fingerprint density at radius 3 is 2.27 bits per heavy atom. The van der Waals surface area contributed by atoms with E-state index in [0.29, 0.717) is 30.2 Å². The fourth-order valence-electron chi connectivity index (χ4n) is 3.89. The number of carbonyl (C=O) groups excluding carboxylic acids is 1. The standard InChI is InChI=1S/C24H31Cl2N3O3S/c1-2-3-4-5-6-7-24(30)29-16-14-28(15-17-29)21-11-9-20(10-12-21)27-33(31,32)23-18-19(25)8-13-22(23)26/h8-13,18,27H,2-7,14-17H2,1H3. The molecular weight excluding hydrogens is 481 g/mol.